The molecular weight excluding hydrogens is 903 g/mol. The molecule has 7 rings (SSSR count). The number of fused-ring (bicyclic) bond motifs is 4. The lowest BCUT2D eigenvalue weighted by molar-refractivity contribution is -0.302. The van der Waals surface area contributed by atoms with Gasteiger partial charge in [0, 0.05) is 87.4 Å². The van der Waals surface area contributed by atoms with E-state index in [4.69, 9.17) is 23.7 Å². The average molecular weight is 986 g/mol. The Kier molecular flexibility index (Phi) is 18.3. The van der Waals surface area contributed by atoms with E-state index < -0.39 is 77.8 Å². The maximum absolute atomic E-state index is 14.7. The molecule has 3 aliphatic heterocycles. The van der Waals surface area contributed by atoms with Gasteiger partial charge in [0.2, 0.25) is 5.79 Å². The van der Waals surface area contributed by atoms with Crippen molar-refractivity contribution in [3.8, 4) is 0 Å². The monoisotopic (exact) mass is 986 g/mol. The van der Waals surface area contributed by atoms with Gasteiger partial charge in [0.05, 0.1) is 30.5 Å². The topological polar surface area (TPSA) is 166 Å². The number of ketones is 2. The quantitative estimate of drug-likeness (QED) is 0.126. The molecule has 1 aromatic carbocycles. The van der Waals surface area contributed by atoms with Gasteiger partial charge in [-0.15, -0.1) is 6.58 Å². The molecule has 4 heterocycles. The lowest BCUT2D eigenvalue weighted by Crippen LogP contribution is -2.64. The number of cyclic esters (lactones) is 1. The number of carbonyl (C=O) groups excluding carboxylic acids is 4. The number of benzene rings is 1. The Morgan fingerprint density at radius 1 is 0.958 bits per heavy atom. The fourth-order valence-corrected chi connectivity index (χ4v) is 12.2. The molecule has 71 heavy (non-hydrogen) atoms. The van der Waals surface area contributed by atoms with Gasteiger partial charge in [0.25, 0.3) is 11.7 Å². The van der Waals surface area contributed by atoms with E-state index in [9.17, 15) is 29.4 Å². The number of methoxy groups -OCH3 is 2. The van der Waals surface area contributed by atoms with E-state index in [-0.39, 0.29) is 55.6 Å². The molecule has 2 saturated carbocycles. The normalized spacial score (nSPS) is 36.3. The van der Waals surface area contributed by atoms with E-state index in [1.807, 2.05) is 26.8 Å². The number of likely N-dealkylation sites (N-methyl/N-ethyl adjacent to an activating group) is 1. The number of hydrogen-bond acceptors (Lipinski definition) is 12. The number of amides is 1. The highest BCUT2D eigenvalue weighted by Crippen LogP contribution is 2.41. The number of aliphatic hydroxyl groups is 2. The van der Waals surface area contributed by atoms with Gasteiger partial charge in [-0.05, 0) is 139 Å². The van der Waals surface area contributed by atoms with E-state index in [1.165, 1.54) is 28.6 Å². The third kappa shape index (κ3) is 12.3. The summed E-state index contributed by atoms with van der Waals surface area (Å²) in [6, 6.07) is 8.50. The molecule has 1 aromatic heterocycles. The molecule has 0 radical (unpaired) electrons. The first-order valence-electron chi connectivity index (χ1n) is 26.6. The summed E-state index contributed by atoms with van der Waals surface area (Å²) in [5.74, 6) is -7.61. The molecule has 1 amide bonds. The highest BCUT2D eigenvalue weighted by atomic mass is 16.7. The summed E-state index contributed by atoms with van der Waals surface area (Å²) < 4.78 is 33.5. The second-order valence-corrected chi connectivity index (χ2v) is 21.8. The molecule has 0 spiro atoms. The standard InChI is InChI=1S/C57H83N3O11/c1-11-15-41-27-34(3)26-35(4)28-50(67-9)53-51(68-10)30-37(6)57(66,71-53)54(63)55(64)60-24-14-13-16-46(60)56(65)70-52(38(7)47(61)33-48(41)62)36(5)29-39-17-21-45(49(31-39)69-12-2)58(8)43-20-22-44-40(32-43)23-25-59(44)42-18-19-42/h11,20,22-23,25,27,29,32,35,37-39,41-42,45-47,49-53,61,66H,1,12-19,21,24,26,28,30-31,33H2,2-10H3/b34-27+,36-29?. The largest absolute Gasteiger partial charge is 0.456 e. The Morgan fingerprint density at radius 2 is 1.69 bits per heavy atom. The van der Waals surface area contributed by atoms with Crippen molar-refractivity contribution in [1.29, 1.82) is 0 Å². The summed E-state index contributed by atoms with van der Waals surface area (Å²) >= 11 is 0. The summed E-state index contributed by atoms with van der Waals surface area (Å²) in [7, 11) is 5.23. The zero-order chi connectivity index (χ0) is 51.3. The highest BCUT2D eigenvalue weighted by molar-refractivity contribution is 6.39. The maximum atomic E-state index is 14.7. The van der Waals surface area contributed by atoms with Crippen LogP contribution in [0.25, 0.3) is 10.9 Å². The van der Waals surface area contributed by atoms with Crippen LogP contribution < -0.4 is 4.90 Å². The zero-order valence-corrected chi connectivity index (χ0v) is 43.9. The molecule has 2 aliphatic carbocycles. The van der Waals surface area contributed by atoms with E-state index in [0.29, 0.717) is 44.8 Å². The third-order valence-corrected chi connectivity index (χ3v) is 16.5. The van der Waals surface area contributed by atoms with Gasteiger partial charge in [-0.3, -0.25) is 14.4 Å². The molecule has 14 nitrogen and oxygen atoms in total. The number of allylic oxidation sites excluding steroid dienone is 4. The fraction of sp³-hybridized carbons (Fsp3) is 0.684. The summed E-state index contributed by atoms with van der Waals surface area (Å²) in [6.07, 6.45) is 11.4. The van der Waals surface area contributed by atoms with Crippen LogP contribution in [0.2, 0.25) is 0 Å². The van der Waals surface area contributed by atoms with E-state index in [2.05, 4.69) is 66.6 Å². The molecule has 2 N–H and O–H groups in total. The van der Waals surface area contributed by atoms with Gasteiger partial charge in [0.1, 0.15) is 24.0 Å². The fourth-order valence-electron chi connectivity index (χ4n) is 12.2. The van der Waals surface area contributed by atoms with Crippen LogP contribution in [0, 0.1) is 29.6 Å². The van der Waals surface area contributed by atoms with Crippen molar-refractivity contribution in [2.24, 2.45) is 29.6 Å². The van der Waals surface area contributed by atoms with Crippen LogP contribution >= 0.6 is 0 Å². The van der Waals surface area contributed by atoms with Crippen molar-refractivity contribution in [2.45, 2.75) is 186 Å². The minimum Gasteiger partial charge on any atom is -0.456 e. The van der Waals surface area contributed by atoms with Gasteiger partial charge in [-0.2, -0.15) is 0 Å². The second kappa shape index (κ2) is 23.8. The van der Waals surface area contributed by atoms with Crippen LogP contribution in [0.5, 0.6) is 0 Å². The minimum absolute atomic E-state index is 0.00851. The molecule has 14 heteroatoms. The lowest BCUT2D eigenvalue weighted by atomic mass is 9.80. The molecule has 14 unspecified atom stereocenters. The summed E-state index contributed by atoms with van der Waals surface area (Å²) in [5, 5.41) is 25.4. The number of aliphatic hydroxyl groups excluding tert-OH is 1. The summed E-state index contributed by atoms with van der Waals surface area (Å²) in [4.78, 5) is 61.4. The SMILES string of the molecule is C=CCC1/C=C(\C)CC(C)CC(OC)C2OC(O)(C(=O)C(=O)N3CCCCC3C(=O)OC(C(C)=CC3CCC(N(C)c4ccc5c(ccn5C5CC5)c4)C(OCC)C3)C(C)C(O)CC1=O)C(C)CC2OC. The number of anilines is 1. The third-order valence-electron chi connectivity index (χ3n) is 16.5. The van der Waals surface area contributed by atoms with Gasteiger partial charge in [-0.25, -0.2) is 4.79 Å². The molecule has 392 valence electrons. The first-order chi connectivity index (χ1) is 33.9. The van der Waals surface area contributed by atoms with Crippen molar-refractivity contribution in [1.82, 2.24) is 9.47 Å². The highest BCUT2D eigenvalue weighted by Gasteiger charge is 2.56. The van der Waals surface area contributed by atoms with Gasteiger partial charge in [0.15, 0.2) is 0 Å². The predicted octanol–water partition coefficient (Wildman–Crippen LogP) is 8.46. The number of ether oxygens (including phenoxy) is 5. The molecule has 14 atom stereocenters. The van der Waals surface area contributed by atoms with Crippen LogP contribution in [0.3, 0.4) is 0 Å². The van der Waals surface area contributed by atoms with Crippen LogP contribution in [0.15, 0.2) is 66.4 Å². The predicted molar refractivity (Wildman–Crippen MR) is 274 cm³/mol. The van der Waals surface area contributed by atoms with Crippen molar-refractivity contribution >= 4 is 40.0 Å². The number of carbonyl (C=O) groups is 4. The number of esters is 1. The molecule has 2 aromatic rings. The van der Waals surface area contributed by atoms with E-state index in [1.54, 1.807) is 34.1 Å². The van der Waals surface area contributed by atoms with Gasteiger partial charge < -0.3 is 48.3 Å². The molecule has 5 aliphatic rings. The summed E-state index contributed by atoms with van der Waals surface area (Å²) in [5.41, 5.74) is 4.09. The Bertz CT molecular complexity index is 2270. The second-order valence-electron chi connectivity index (χ2n) is 21.8. The number of piperidine rings is 1. The van der Waals surface area contributed by atoms with Crippen molar-refractivity contribution in [3.63, 3.8) is 0 Å². The molecule has 4 fully saturated rings. The van der Waals surface area contributed by atoms with Crippen LogP contribution in [0.1, 0.15) is 131 Å². The zero-order valence-electron chi connectivity index (χ0n) is 43.9. The Hall–Kier alpha value is -4.18. The van der Waals surface area contributed by atoms with Crippen LogP contribution in [0.4, 0.5) is 5.69 Å². The lowest BCUT2D eigenvalue weighted by Gasteiger charge is -2.47. The Morgan fingerprint density at radius 3 is 2.38 bits per heavy atom. The van der Waals surface area contributed by atoms with Gasteiger partial charge >= 0.3 is 5.97 Å². The van der Waals surface area contributed by atoms with Crippen LogP contribution in [-0.2, 0) is 42.9 Å². The number of aromatic nitrogens is 1. The average Bonchev–Trinajstić information content (AvgIpc) is 4.11. The summed E-state index contributed by atoms with van der Waals surface area (Å²) in [6.45, 7) is 16.0. The Labute approximate surface area is 422 Å². The molecule has 2 saturated heterocycles. The minimum atomic E-state index is -2.51. The molecule has 2 bridgehead atoms. The van der Waals surface area contributed by atoms with E-state index in [0.717, 1.165) is 36.1 Å². The Balaban J connectivity index is 1.18. The van der Waals surface area contributed by atoms with Crippen LogP contribution in [-0.4, -0.2) is 132 Å². The first-order valence-corrected chi connectivity index (χ1v) is 26.6. The van der Waals surface area contributed by atoms with E-state index >= 15 is 0 Å². The number of rotatable bonds is 11. The van der Waals surface area contributed by atoms with Crippen molar-refractivity contribution < 1.29 is 53.1 Å². The number of nitrogens with zero attached hydrogens (tertiary/aromatic N) is 3. The van der Waals surface area contributed by atoms with Gasteiger partial charge in [-0.1, -0.05) is 44.6 Å². The van der Waals surface area contributed by atoms with Crippen molar-refractivity contribution in [3.05, 3.63) is 66.4 Å². The molecular formula is C57H83N3O11. The van der Waals surface area contributed by atoms with Crippen molar-refractivity contribution in [2.75, 3.05) is 39.3 Å². The first kappa shape index (κ1) is 54.6. The number of Topliss-reactive ketones (excluding diaryl/α,β-unsaturated/α-hetero) is 2. The number of hydrogen-bond donors (Lipinski definition) is 2. The smallest absolute Gasteiger partial charge is 0.329 e. The maximum Gasteiger partial charge on any atom is 0.329 e.